The molecule has 128 valence electrons. The molecule has 0 heterocycles. The fraction of sp³-hybridized carbons (Fsp3) is 0.278. The SMILES string of the molecule is CCN(Cc1ccc(OC)cc1)C(=O)c1ccccc1OC(F)F. The zero-order valence-corrected chi connectivity index (χ0v) is 13.5. The Balaban J connectivity index is 2.19. The number of carbonyl (C=O) groups is 1. The van der Waals surface area contributed by atoms with Crippen molar-refractivity contribution in [3.63, 3.8) is 0 Å². The first-order valence-corrected chi connectivity index (χ1v) is 7.51. The molecule has 0 aromatic heterocycles. The van der Waals surface area contributed by atoms with Crippen LogP contribution < -0.4 is 9.47 Å². The molecule has 0 aliphatic carbocycles. The number of nitrogens with zero attached hydrogens (tertiary/aromatic N) is 1. The Hall–Kier alpha value is -2.63. The zero-order chi connectivity index (χ0) is 17.5. The van der Waals surface area contributed by atoms with Crippen LogP contribution in [0.1, 0.15) is 22.8 Å². The standard InChI is InChI=1S/C18H19F2NO3/c1-3-21(12-13-8-10-14(23-2)11-9-13)17(22)15-6-4-5-7-16(15)24-18(19)20/h4-11,18H,3,12H2,1-2H3. The number of hydrogen-bond donors (Lipinski definition) is 0. The maximum Gasteiger partial charge on any atom is 0.387 e. The molecule has 2 aromatic rings. The predicted molar refractivity (Wildman–Crippen MR) is 86.5 cm³/mol. The van der Waals surface area contributed by atoms with Crippen LogP contribution in [-0.4, -0.2) is 31.1 Å². The summed E-state index contributed by atoms with van der Waals surface area (Å²) in [5.41, 5.74) is 1.03. The van der Waals surface area contributed by atoms with Crippen molar-refractivity contribution in [2.75, 3.05) is 13.7 Å². The number of methoxy groups -OCH3 is 1. The van der Waals surface area contributed by atoms with Gasteiger partial charge in [0.15, 0.2) is 0 Å². The minimum Gasteiger partial charge on any atom is -0.497 e. The molecular formula is C18H19F2NO3. The largest absolute Gasteiger partial charge is 0.497 e. The van der Waals surface area contributed by atoms with Gasteiger partial charge in [-0.2, -0.15) is 8.78 Å². The first-order chi connectivity index (χ1) is 11.5. The normalized spacial score (nSPS) is 10.5. The van der Waals surface area contributed by atoms with E-state index in [2.05, 4.69) is 4.74 Å². The summed E-state index contributed by atoms with van der Waals surface area (Å²) >= 11 is 0. The highest BCUT2D eigenvalue weighted by Crippen LogP contribution is 2.23. The van der Waals surface area contributed by atoms with Crippen molar-refractivity contribution in [1.29, 1.82) is 0 Å². The Morgan fingerprint density at radius 2 is 1.79 bits per heavy atom. The molecule has 2 rings (SSSR count). The van der Waals surface area contributed by atoms with Gasteiger partial charge in [0.1, 0.15) is 11.5 Å². The van der Waals surface area contributed by atoms with Crippen LogP contribution in [0.4, 0.5) is 8.78 Å². The molecule has 0 bridgehead atoms. The number of hydrogen-bond acceptors (Lipinski definition) is 3. The number of carbonyl (C=O) groups excluding carboxylic acids is 1. The number of amides is 1. The summed E-state index contributed by atoms with van der Waals surface area (Å²) in [5, 5.41) is 0. The second-order valence-electron chi connectivity index (χ2n) is 5.04. The van der Waals surface area contributed by atoms with E-state index >= 15 is 0 Å². The molecule has 4 nitrogen and oxygen atoms in total. The highest BCUT2D eigenvalue weighted by atomic mass is 19.3. The van der Waals surface area contributed by atoms with Crippen LogP contribution in [0.25, 0.3) is 0 Å². The van der Waals surface area contributed by atoms with E-state index in [9.17, 15) is 13.6 Å². The van der Waals surface area contributed by atoms with Crippen molar-refractivity contribution in [3.05, 3.63) is 59.7 Å². The smallest absolute Gasteiger partial charge is 0.387 e. The van der Waals surface area contributed by atoms with Crippen molar-refractivity contribution in [1.82, 2.24) is 4.90 Å². The number of rotatable bonds is 7. The number of benzene rings is 2. The molecule has 0 spiro atoms. The minimum atomic E-state index is -2.98. The maximum atomic E-state index is 12.7. The Morgan fingerprint density at radius 1 is 1.12 bits per heavy atom. The first-order valence-electron chi connectivity index (χ1n) is 7.51. The van der Waals surface area contributed by atoms with E-state index < -0.39 is 6.61 Å². The third-order valence-corrected chi connectivity index (χ3v) is 3.53. The Bertz CT molecular complexity index is 674. The van der Waals surface area contributed by atoms with E-state index in [1.807, 2.05) is 31.2 Å². The summed E-state index contributed by atoms with van der Waals surface area (Å²) in [6.07, 6.45) is 0. The summed E-state index contributed by atoms with van der Waals surface area (Å²) in [4.78, 5) is 14.2. The Morgan fingerprint density at radius 3 is 2.38 bits per heavy atom. The lowest BCUT2D eigenvalue weighted by Gasteiger charge is -2.22. The molecule has 0 N–H and O–H groups in total. The highest BCUT2D eigenvalue weighted by molar-refractivity contribution is 5.96. The zero-order valence-electron chi connectivity index (χ0n) is 13.5. The summed E-state index contributed by atoms with van der Waals surface area (Å²) < 4.78 is 34.6. The molecule has 0 radical (unpaired) electrons. The summed E-state index contributed by atoms with van der Waals surface area (Å²) in [6, 6.07) is 13.3. The van der Waals surface area contributed by atoms with Crippen LogP contribution in [0, 0.1) is 0 Å². The van der Waals surface area contributed by atoms with E-state index in [1.165, 1.54) is 12.1 Å². The van der Waals surface area contributed by atoms with Gasteiger partial charge in [-0.15, -0.1) is 0 Å². The van der Waals surface area contributed by atoms with Crippen molar-refractivity contribution in [2.45, 2.75) is 20.1 Å². The van der Waals surface area contributed by atoms with Crippen molar-refractivity contribution < 1.29 is 23.0 Å². The van der Waals surface area contributed by atoms with E-state index in [0.717, 1.165) is 11.3 Å². The molecule has 2 aromatic carbocycles. The van der Waals surface area contributed by atoms with E-state index in [-0.39, 0.29) is 17.2 Å². The van der Waals surface area contributed by atoms with Gasteiger partial charge in [0.25, 0.3) is 5.91 Å². The molecule has 0 atom stereocenters. The van der Waals surface area contributed by atoms with Gasteiger partial charge in [-0.1, -0.05) is 24.3 Å². The topological polar surface area (TPSA) is 38.8 Å². The fourth-order valence-electron chi connectivity index (χ4n) is 2.29. The average molecular weight is 335 g/mol. The Labute approximate surface area is 139 Å². The summed E-state index contributed by atoms with van der Waals surface area (Å²) in [5.74, 6) is 0.249. The van der Waals surface area contributed by atoms with Crippen molar-refractivity contribution >= 4 is 5.91 Å². The van der Waals surface area contributed by atoms with Crippen LogP contribution in [-0.2, 0) is 6.54 Å². The van der Waals surface area contributed by atoms with Crippen LogP contribution in [0.15, 0.2) is 48.5 Å². The van der Waals surface area contributed by atoms with Gasteiger partial charge < -0.3 is 14.4 Å². The molecule has 1 amide bonds. The first kappa shape index (κ1) is 17.7. The minimum absolute atomic E-state index is 0.119. The predicted octanol–water partition coefficient (Wildman–Crippen LogP) is 3.96. The monoisotopic (exact) mass is 335 g/mol. The van der Waals surface area contributed by atoms with Gasteiger partial charge in [-0.3, -0.25) is 4.79 Å². The second kappa shape index (κ2) is 8.29. The van der Waals surface area contributed by atoms with E-state index in [4.69, 9.17) is 4.74 Å². The third kappa shape index (κ3) is 4.44. The molecular weight excluding hydrogens is 316 g/mol. The van der Waals surface area contributed by atoms with Crippen LogP contribution in [0.3, 0.4) is 0 Å². The fourth-order valence-corrected chi connectivity index (χ4v) is 2.29. The van der Waals surface area contributed by atoms with Gasteiger partial charge in [-0.05, 0) is 36.8 Å². The number of ether oxygens (including phenoxy) is 2. The van der Waals surface area contributed by atoms with Gasteiger partial charge in [0, 0.05) is 13.1 Å². The lowest BCUT2D eigenvalue weighted by atomic mass is 10.1. The molecule has 0 aliphatic rings. The van der Waals surface area contributed by atoms with Crippen molar-refractivity contribution in [3.8, 4) is 11.5 Å². The number of halogens is 2. The molecule has 0 aliphatic heterocycles. The molecule has 6 heteroatoms. The third-order valence-electron chi connectivity index (χ3n) is 3.53. The quantitative estimate of drug-likeness (QED) is 0.769. The Kier molecular flexibility index (Phi) is 6.12. The van der Waals surface area contributed by atoms with Gasteiger partial charge >= 0.3 is 6.61 Å². The van der Waals surface area contributed by atoms with Crippen molar-refractivity contribution in [2.24, 2.45) is 0 Å². The lowest BCUT2D eigenvalue weighted by Crippen LogP contribution is -2.30. The van der Waals surface area contributed by atoms with E-state index in [0.29, 0.717) is 13.1 Å². The van der Waals surface area contributed by atoms with Gasteiger partial charge in [0.2, 0.25) is 0 Å². The van der Waals surface area contributed by atoms with Gasteiger partial charge in [0.05, 0.1) is 12.7 Å². The van der Waals surface area contributed by atoms with Crippen LogP contribution in [0.5, 0.6) is 11.5 Å². The second-order valence-corrected chi connectivity index (χ2v) is 5.04. The van der Waals surface area contributed by atoms with Crippen LogP contribution in [0.2, 0.25) is 0 Å². The molecule has 0 saturated carbocycles. The maximum absolute atomic E-state index is 12.7. The van der Waals surface area contributed by atoms with Gasteiger partial charge in [-0.25, -0.2) is 0 Å². The molecule has 24 heavy (non-hydrogen) atoms. The summed E-state index contributed by atoms with van der Waals surface area (Å²) in [7, 11) is 1.58. The van der Waals surface area contributed by atoms with E-state index in [1.54, 1.807) is 24.1 Å². The molecule has 0 unspecified atom stereocenters. The number of alkyl halides is 2. The average Bonchev–Trinajstić information content (AvgIpc) is 2.59. The summed E-state index contributed by atoms with van der Waals surface area (Å²) in [6.45, 7) is -0.343. The molecule has 0 saturated heterocycles. The highest BCUT2D eigenvalue weighted by Gasteiger charge is 2.20. The molecule has 0 fully saturated rings. The van der Waals surface area contributed by atoms with Crippen LogP contribution >= 0.6 is 0 Å². The number of para-hydroxylation sites is 1. The lowest BCUT2D eigenvalue weighted by molar-refractivity contribution is -0.0502.